The normalized spacial score (nSPS) is 10.4. The highest BCUT2D eigenvalue weighted by atomic mass is 19.3. The topological polar surface area (TPSA) is 70.6 Å². The predicted molar refractivity (Wildman–Crippen MR) is 81.3 cm³/mol. The summed E-state index contributed by atoms with van der Waals surface area (Å²) >= 11 is 0. The van der Waals surface area contributed by atoms with Gasteiger partial charge in [-0.25, -0.2) is 4.79 Å². The number of rotatable bonds is 6. The summed E-state index contributed by atoms with van der Waals surface area (Å²) in [6.45, 7) is -2.81. The van der Waals surface area contributed by atoms with Crippen LogP contribution in [0.4, 0.5) is 19.3 Å². The van der Waals surface area contributed by atoms with E-state index in [4.69, 9.17) is 0 Å². The first kappa shape index (κ1) is 16.7. The lowest BCUT2D eigenvalue weighted by atomic mass is 10.1. The minimum absolute atomic E-state index is 0.0385. The Kier molecular flexibility index (Phi) is 5.87. The van der Waals surface area contributed by atoms with Gasteiger partial charge in [0.15, 0.2) is 0 Å². The molecule has 0 aliphatic carbocycles. The van der Waals surface area contributed by atoms with Crippen molar-refractivity contribution in [1.82, 2.24) is 5.32 Å². The number of benzene rings is 2. The maximum absolute atomic E-state index is 12.2. The van der Waals surface area contributed by atoms with Crippen molar-refractivity contribution in [3.05, 3.63) is 59.7 Å². The Morgan fingerprint density at radius 1 is 1.13 bits per heavy atom. The van der Waals surface area contributed by atoms with E-state index in [9.17, 15) is 18.7 Å². The molecule has 0 radical (unpaired) electrons. The summed E-state index contributed by atoms with van der Waals surface area (Å²) in [4.78, 5) is 11.8. The van der Waals surface area contributed by atoms with Gasteiger partial charge >= 0.3 is 12.6 Å². The molecule has 2 aromatic rings. The summed E-state index contributed by atoms with van der Waals surface area (Å²) in [5, 5.41) is 14.4. The molecule has 3 N–H and O–H groups in total. The minimum Gasteiger partial charge on any atom is -0.435 e. The number of aliphatic hydroxyl groups is 1. The molecule has 23 heavy (non-hydrogen) atoms. The van der Waals surface area contributed by atoms with Gasteiger partial charge in [0, 0.05) is 18.3 Å². The molecule has 0 saturated carbocycles. The monoisotopic (exact) mass is 322 g/mol. The molecule has 2 rings (SSSR count). The zero-order chi connectivity index (χ0) is 16.7. The first-order valence-electron chi connectivity index (χ1n) is 6.86. The Morgan fingerprint density at radius 2 is 1.87 bits per heavy atom. The van der Waals surface area contributed by atoms with E-state index in [0.717, 1.165) is 11.1 Å². The SMILES string of the molecule is O=C(NCc1ccccc1CO)Nc1cccc(OC(F)F)c1. The smallest absolute Gasteiger partial charge is 0.387 e. The Bertz CT molecular complexity index is 665. The molecule has 0 spiro atoms. The number of aliphatic hydroxyl groups excluding tert-OH is 1. The molecule has 0 aromatic heterocycles. The highest BCUT2D eigenvalue weighted by Gasteiger charge is 2.07. The summed E-state index contributed by atoms with van der Waals surface area (Å²) in [6, 6.07) is 12.4. The first-order valence-corrected chi connectivity index (χ1v) is 6.86. The molecule has 0 heterocycles. The molecule has 2 amide bonds. The molecule has 2 aromatic carbocycles. The van der Waals surface area contributed by atoms with Gasteiger partial charge in [0.25, 0.3) is 0 Å². The third kappa shape index (κ3) is 5.23. The van der Waals surface area contributed by atoms with Gasteiger partial charge in [-0.05, 0) is 23.3 Å². The van der Waals surface area contributed by atoms with E-state index < -0.39 is 12.6 Å². The number of anilines is 1. The van der Waals surface area contributed by atoms with E-state index >= 15 is 0 Å². The molecule has 0 aliphatic rings. The van der Waals surface area contributed by atoms with E-state index in [0.29, 0.717) is 5.69 Å². The number of hydrogen-bond donors (Lipinski definition) is 3. The van der Waals surface area contributed by atoms with Crippen molar-refractivity contribution < 1.29 is 23.4 Å². The number of urea groups is 1. The third-order valence-electron chi connectivity index (χ3n) is 3.05. The zero-order valence-corrected chi connectivity index (χ0v) is 12.1. The van der Waals surface area contributed by atoms with Crippen LogP contribution in [0.15, 0.2) is 48.5 Å². The van der Waals surface area contributed by atoms with Gasteiger partial charge in [0.1, 0.15) is 5.75 Å². The van der Waals surface area contributed by atoms with E-state index in [2.05, 4.69) is 15.4 Å². The van der Waals surface area contributed by atoms with Gasteiger partial charge in [0.05, 0.1) is 6.61 Å². The maximum Gasteiger partial charge on any atom is 0.387 e. The van der Waals surface area contributed by atoms with Crippen molar-refractivity contribution in [3.8, 4) is 5.75 Å². The molecule has 7 heteroatoms. The van der Waals surface area contributed by atoms with Crippen molar-refractivity contribution >= 4 is 11.7 Å². The van der Waals surface area contributed by atoms with Crippen LogP contribution >= 0.6 is 0 Å². The van der Waals surface area contributed by atoms with Crippen molar-refractivity contribution in [2.75, 3.05) is 5.32 Å². The second-order valence-corrected chi connectivity index (χ2v) is 4.64. The lowest BCUT2D eigenvalue weighted by Gasteiger charge is -2.11. The van der Waals surface area contributed by atoms with Crippen LogP contribution in [0, 0.1) is 0 Å². The number of carbonyl (C=O) groups is 1. The van der Waals surface area contributed by atoms with Gasteiger partial charge in [-0.1, -0.05) is 30.3 Å². The molecule has 122 valence electrons. The van der Waals surface area contributed by atoms with Gasteiger partial charge in [-0.2, -0.15) is 8.78 Å². The van der Waals surface area contributed by atoms with Crippen LogP contribution in [0.1, 0.15) is 11.1 Å². The van der Waals surface area contributed by atoms with Crippen LogP contribution < -0.4 is 15.4 Å². The average molecular weight is 322 g/mol. The maximum atomic E-state index is 12.2. The number of amides is 2. The number of alkyl halides is 2. The lowest BCUT2D eigenvalue weighted by molar-refractivity contribution is -0.0497. The first-order chi connectivity index (χ1) is 11.1. The lowest BCUT2D eigenvalue weighted by Crippen LogP contribution is -2.28. The zero-order valence-electron chi connectivity index (χ0n) is 12.1. The Labute approximate surface area is 131 Å². The molecule has 0 fully saturated rings. The van der Waals surface area contributed by atoms with Crippen LogP contribution in [-0.2, 0) is 13.2 Å². The standard InChI is InChI=1S/C16H16F2N2O3/c17-15(18)23-14-7-3-6-13(8-14)20-16(22)19-9-11-4-1-2-5-12(11)10-21/h1-8,15,21H,9-10H2,(H2,19,20,22). The van der Waals surface area contributed by atoms with Gasteiger partial charge < -0.3 is 20.5 Å². The van der Waals surface area contributed by atoms with E-state index in [1.165, 1.54) is 18.2 Å². The number of nitrogens with one attached hydrogen (secondary N) is 2. The van der Waals surface area contributed by atoms with Crippen molar-refractivity contribution in [2.24, 2.45) is 0 Å². The van der Waals surface area contributed by atoms with E-state index in [1.54, 1.807) is 30.3 Å². The fraction of sp³-hybridized carbons (Fsp3) is 0.188. The van der Waals surface area contributed by atoms with E-state index in [1.807, 2.05) is 0 Å². The predicted octanol–water partition coefficient (Wildman–Crippen LogP) is 3.10. The minimum atomic E-state index is -2.92. The summed E-state index contributed by atoms with van der Waals surface area (Å²) in [5.74, 6) is -0.0385. The third-order valence-corrected chi connectivity index (χ3v) is 3.05. The number of carbonyl (C=O) groups excluding carboxylic acids is 1. The molecule has 0 aliphatic heterocycles. The molecule has 0 atom stereocenters. The molecular weight excluding hydrogens is 306 g/mol. The number of halogens is 2. The highest BCUT2D eigenvalue weighted by Crippen LogP contribution is 2.19. The van der Waals surface area contributed by atoms with Crippen LogP contribution in [-0.4, -0.2) is 17.7 Å². The van der Waals surface area contributed by atoms with Crippen molar-refractivity contribution in [1.29, 1.82) is 0 Å². The fourth-order valence-electron chi connectivity index (χ4n) is 1.99. The van der Waals surface area contributed by atoms with E-state index in [-0.39, 0.29) is 18.9 Å². The Hall–Kier alpha value is -2.67. The van der Waals surface area contributed by atoms with Gasteiger partial charge in [0.2, 0.25) is 0 Å². The summed E-state index contributed by atoms with van der Waals surface area (Å²) in [5.41, 5.74) is 1.84. The summed E-state index contributed by atoms with van der Waals surface area (Å²) < 4.78 is 28.6. The Balaban J connectivity index is 1.92. The number of ether oxygens (including phenoxy) is 1. The van der Waals surface area contributed by atoms with Gasteiger partial charge in [-0.3, -0.25) is 0 Å². The fourth-order valence-corrected chi connectivity index (χ4v) is 1.99. The van der Waals surface area contributed by atoms with Crippen LogP contribution in [0.25, 0.3) is 0 Å². The van der Waals surface area contributed by atoms with Crippen molar-refractivity contribution in [2.45, 2.75) is 19.8 Å². The van der Waals surface area contributed by atoms with Crippen LogP contribution in [0.2, 0.25) is 0 Å². The second-order valence-electron chi connectivity index (χ2n) is 4.64. The molecular formula is C16H16F2N2O3. The Morgan fingerprint density at radius 3 is 2.57 bits per heavy atom. The largest absolute Gasteiger partial charge is 0.435 e. The van der Waals surface area contributed by atoms with Gasteiger partial charge in [-0.15, -0.1) is 0 Å². The quantitative estimate of drug-likeness (QED) is 0.765. The van der Waals surface area contributed by atoms with Crippen LogP contribution in [0.5, 0.6) is 5.75 Å². The highest BCUT2D eigenvalue weighted by molar-refractivity contribution is 5.89. The molecule has 0 unspecified atom stereocenters. The van der Waals surface area contributed by atoms with Crippen molar-refractivity contribution in [3.63, 3.8) is 0 Å². The number of hydrogen-bond acceptors (Lipinski definition) is 3. The summed E-state index contributed by atoms with van der Waals surface area (Å²) in [7, 11) is 0. The second kappa shape index (κ2) is 8.09. The summed E-state index contributed by atoms with van der Waals surface area (Å²) in [6.07, 6.45) is 0. The molecule has 0 saturated heterocycles. The molecule has 5 nitrogen and oxygen atoms in total. The average Bonchev–Trinajstić information content (AvgIpc) is 2.53. The molecule has 0 bridgehead atoms. The van der Waals surface area contributed by atoms with Crippen LogP contribution in [0.3, 0.4) is 0 Å².